The fourth-order valence-corrected chi connectivity index (χ4v) is 0.349. The normalized spacial score (nSPS) is 8.50. The fourth-order valence-electron chi connectivity index (χ4n) is 0.349. The topological polar surface area (TPSA) is 63.3 Å². The average Bonchev–Trinajstić information content (AvgIpc) is 1.62. The van der Waals surface area contributed by atoms with Crippen molar-refractivity contribution in [1.82, 2.24) is 0 Å². The summed E-state index contributed by atoms with van der Waals surface area (Å²) in [5.41, 5.74) is 4.85. The fraction of sp³-hybridized carbons (Fsp3) is 0.857. The Kier molecular flexibility index (Phi) is 10.2. The van der Waals surface area contributed by atoms with E-state index < -0.39 is 5.97 Å². The van der Waals surface area contributed by atoms with Crippen molar-refractivity contribution in [2.75, 3.05) is 6.54 Å². The molecule has 0 amide bonds. The van der Waals surface area contributed by atoms with Gasteiger partial charge in [-0.15, -0.1) is 0 Å². The molecule has 0 unspecified atom stereocenters. The standard InChI is InChI=1S/C5H10O2.C2H7N/c1-4(2)3-5(6)7;1-2-3/h4H,3H2,1-2H3,(H,6,7);2-3H2,1H3. The summed E-state index contributed by atoms with van der Waals surface area (Å²) in [5, 5.41) is 8.08. The maximum absolute atomic E-state index is 9.81. The third kappa shape index (κ3) is 26.1. The van der Waals surface area contributed by atoms with Crippen LogP contribution in [0.15, 0.2) is 0 Å². The first kappa shape index (κ1) is 12.1. The van der Waals surface area contributed by atoms with Crippen LogP contribution in [-0.2, 0) is 4.79 Å². The molecule has 3 heteroatoms. The number of carboxylic acids is 1. The van der Waals surface area contributed by atoms with Crippen LogP contribution in [0.5, 0.6) is 0 Å². The molecule has 0 heterocycles. The minimum Gasteiger partial charge on any atom is -0.481 e. The molecule has 62 valence electrons. The van der Waals surface area contributed by atoms with Crippen molar-refractivity contribution < 1.29 is 9.90 Å². The van der Waals surface area contributed by atoms with Gasteiger partial charge in [-0.3, -0.25) is 4.79 Å². The van der Waals surface area contributed by atoms with Gasteiger partial charge >= 0.3 is 5.97 Å². The number of nitrogens with two attached hydrogens (primary N) is 1. The Morgan fingerprint density at radius 3 is 1.90 bits per heavy atom. The Labute approximate surface area is 62.2 Å². The summed E-state index contributed by atoms with van der Waals surface area (Å²) in [5.74, 6) is -0.438. The molecular formula is C7H17NO2. The Morgan fingerprint density at radius 1 is 1.60 bits per heavy atom. The van der Waals surface area contributed by atoms with Gasteiger partial charge < -0.3 is 10.8 Å². The number of hydrogen-bond donors (Lipinski definition) is 2. The molecule has 0 aromatic rings. The summed E-state index contributed by atoms with van der Waals surface area (Å²) >= 11 is 0. The number of carboxylic acid groups (broad SMARTS) is 1. The monoisotopic (exact) mass is 147 g/mol. The SMILES string of the molecule is CC(C)CC(=O)O.CCN. The lowest BCUT2D eigenvalue weighted by molar-refractivity contribution is -0.137. The lowest BCUT2D eigenvalue weighted by Gasteiger charge is -1.94. The molecule has 0 aliphatic carbocycles. The first-order valence-electron chi connectivity index (χ1n) is 3.46. The molecule has 0 aromatic heterocycles. The minimum absolute atomic E-state index is 0.275. The first-order valence-corrected chi connectivity index (χ1v) is 3.46. The van der Waals surface area contributed by atoms with Gasteiger partial charge in [0, 0.05) is 6.42 Å². The maximum atomic E-state index is 9.81. The summed E-state index contributed by atoms with van der Waals surface area (Å²) in [6, 6.07) is 0. The van der Waals surface area contributed by atoms with Crippen LogP contribution in [-0.4, -0.2) is 17.6 Å². The average molecular weight is 147 g/mol. The van der Waals surface area contributed by atoms with Crippen LogP contribution in [0.3, 0.4) is 0 Å². The maximum Gasteiger partial charge on any atom is 0.303 e. The van der Waals surface area contributed by atoms with Crippen molar-refractivity contribution in [2.24, 2.45) is 11.7 Å². The molecule has 0 saturated heterocycles. The van der Waals surface area contributed by atoms with Crippen LogP contribution in [0.1, 0.15) is 27.2 Å². The van der Waals surface area contributed by atoms with E-state index in [0.717, 1.165) is 6.54 Å². The summed E-state index contributed by atoms with van der Waals surface area (Å²) in [7, 11) is 0. The van der Waals surface area contributed by atoms with E-state index in [0.29, 0.717) is 0 Å². The van der Waals surface area contributed by atoms with E-state index in [-0.39, 0.29) is 12.3 Å². The van der Waals surface area contributed by atoms with Crippen LogP contribution in [0.25, 0.3) is 0 Å². The van der Waals surface area contributed by atoms with E-state index in [1.807, 2.05) is 20.8 Å². The molecular weight excluding hydrogens is 130 g/mol. The second-order valence-corrected chi connectivity index (χ2v) is 2.40. The lowest BCUT2D eigenvalue weighted by atomic mass is 10.1. The first-order chi connectivity index (χ1) is 4.54. The molecule has 10 heavy (non-hydrogen) atoms. The number of carbonyl (C=O) groups is 1. The highest BCUT2D eigenvalue weighted by molar-refractivity contribution is 5.66. The molecule has 0 aromatic carbocycles. The Morgan fingerprint density at radius 2 is 1.90 bits per heavy atom. The largest absolute Gasteiger partial charge is 0.481 e. The molecule has 0 saturated carbocycles. The van der Waals surface area contributed by atoms with Crippen molar-refractivity contribution in [3.05, 3.63) is 0 Å². The second-order valence-electron chi connectivity index (χ2n) is 2.40. The van der Waals surface area contributed by atoms with Crippen molar-refractivity contribution in [3.8, 4) is 0 Å². The summed E-state index contributed by atoms with van der Waals surface area (Å²) < 4.78 is 0. The molecule has 3 N–H and O–H groups in total. The van der Waals surface area contributed by atoms with Crippen LogP contribution in [0.2, 0.25) is 0 Å². The van der Waals surface area contributed by atoms with Crippen molar-refractivity contribution >= 4 is 5.97 Å². The van der Waals surface area contributed by atoms with Gasteiger partial charge in [-0.25, -0.2) is 0 Å². The zero-order valence-corrected chi connectivity index (χ0v) is 6.92. The smallest absolute Gasteiger partial charge is 0.303 e. The number of hydrogen-bond acceptors (Lipinski definition) is 2. The number of rotatable bonds is 2. The highest BCUT2D eigenvalue weighted by Crippen LogP contribution is 1.96. The summed E-state index contributed by atoms with van der Waals surface area (Å²) in [4.78, 5) is 9.81. The molecule has 0 rings (SSSR count). The van der Waals surface area contributed by atoms with Gasteiger partial charge in [0.15, 0.2) is 0 Å². The number of aliphatic carboxylic acids is 1. The van der Waals surface area contributed by atoms with Gasteiger partial charge in [0.1, 0.15) is 0 Å². The van der Waals surface area contributed by atoms with Gasteiger partial charge in [0.05, 0.1) is 0 Å². The molecule has 0 aliphatic heterocycles. The van der Waals surface area contributed by atoms with Crippen molar-refractivity contribution in [1.29, 1.82) is 0 Å². The molecule has 0 bridgehead atoms. The van der Waals surface area contributed by atoms with Crippen LogP contribution in [0, 0.1) is 5.92 Å². The van der Waals surface area contributed by atoms with E-state index in [1.165, 1.54) is 0 Å². The van der Waals surface area contributed by atoms with E-state index in [2.05, 4.69) is 0 Å². The minimum atomic E-state index is -0.713. The predicted octanol–water partition coefficient (Wildman–Crippen LogP) is 1.08. The quantitative estimate of drug-likeness (QED) is 0.614. The highest BCUT2D eigenvalue weighted by Gasteiger charge is 1.98. The second kappa shape index (κ2) is 8.43. The molecule has 0 radical (unpaired) electrons. The third-order valence-electron chi connectivity index (χ3n) is 0.583. The molecule has 3 nitrogen and oxygen atoms in total. The van der Waals surface area contributed by atoms with Gasteiger partial charge in [-0.2, -0.15) is 0 Å². The van der Waals surface area contributed by atoms with Crippen LogP contribution in [0.4, 0.5) is 0 Å². The van der Waals surface area contributed by atoms with Crippen LogP contribution < -0.4 is 5.73 Å². The third-order valence-corrected chi connectivity index (χ3v) is 0.583. The molecule has 0 aliphatic rings. The molecule has 0 fully saturated rings. The lowest BCUT2D eigenvalue weighted by Crippen LogP contribution is -1.99. The van der Waals surface area contributed by atoms with Gasteiger partial charge in [-0.1, -0.05) is 20.8 Å². The van der Waals surface area contributed by atoms with E-state index in [4.69, 9.17) is 10.8 Å². The van der Waals surface area contributed by atoms with E-state index >= 15 is 0 Å². The molecule has 0 spiro atoms. The Balaban J connectivity index is 0. The van der Waals surface area contributed by atoms with Crippen LogP contribution >= 0.6 is 0 Å². The van der Waals surface area contributed by atoms with Gasteiger partial charge in [0.2, 0.25) is 0 Å². The Hall–Kier alpha value is -0.570. The molecule has 0 atom stereocenters. The zero-order valence-electron chi connectivity index (χ0n) is 6.92. The van der Waals surface area contributed by atoms with Gasteiger partial charge in [0.25, 0.3) is 0 Å². The zero-order chi connectivity index (χ0) is 8.57. The summed E-state index contributed by atoms with van der Waals surface area (Å²) in [6.07, 6.45) is 0.278. The van der Waals surface area contributed by atoms with E-state index in [9.17, 15) is 4.79 Å². The van der Waals surface area contributed by atoms with Gasteiger partial charge in [-0.05, 0) is 12.5 Å². The highest BCUT2D eigenvalue weighted by atomic mass is 16.4. The predicted molar refractivity (Wildman–Crippen MR) is 41.8 cm³/mol. The van der Waals surface area contributed by atoms with Crippen molar-refractivity contribution in [3.63, 3.8) is 0 Å². The van der Waals surface area contributed by atoms with Crippen molar-refractivity contribution in [2.45, 2.75) is 27.2 Å². The van der Waals surface area contributed by atoms with E-state index in [1.54, 1.807) is 0 Å². The Bertz CT molecular complexity index is 81.7. The summed E-state index contributed by atoms with van der Waals surface area (Å²) in [6.45, 7) is 6.42.